The van der Waals surface area contributed by atoms with E-state index in [-0.39, 0.29) is 30.4 Å². The number of amides is 1. The number of pyridine rings is 1. The number of hydrogen-bond donors (Lipinski definition) is 4. The molecule has 0 bridgehead atoms. The van der Waals surface area contributed by atoms with Crippen LogP contribution in [-0.2, 0) is 0 Å². The SMILES string of the molecule is Cc1nnc(-c2cnc(Nc3ccc4c(n3)C(C)NC4=O)nc2N[C@H](CO)c2ccccc2)o1. The number of fused-ring (bicyclic) bond motifs is 1. The maximum Gasteiger partial charge on any atom is 0.253 e. The zero-order valence-corrected chi connectivity index (χ0v) is 18.5. The third-order valence-corrected chi connectivity index (χ3v) is 5.41. The third kappa shape index (κ3) is 4.16. The summed E-state index contributed by atoms with van der Waals surface area (Å²) in [7, 11) is 0. The molecule has 1 aromatic carbocycles. The zero-order valence-electron chi connectivity index (χ0n) is 18.5. The monoisotopic (exact) mass is 458 g/mol. The number of hydrogen-bond acceptors (Lipinski definition) is 10. The smallest absolute Gasteiger partial charge is 0.253 e. The Labute approximate surface area is 194 Å². The van der Waals surface area contributed by atoms with Crippen molar-refractivity contribution in [1.29, 1.82) is 0 Å². The Morgan fingerprint density at radius 3 is 2.68 bits per heavy atom. The second-order valence-corrected chi connectivity index (χ2v) is 7.82. The number of aryl methyl sites for hydroxylation is 1. The summed E-state index contributed by atoms with van der Waals surface area (Å²) in [5.41, 5.74) is 2.59. The Kier molecular flexibility index (Phi) is 5.60. The van der Waals surface area contributed by atoms with Crippen molar-refractivity contribution in [3.8, 4) is 11.5 Å². The molecule has 1 amide bonds. The minimum atomic E-state index is -0.428. The number of carbonyl (C=O) groups excluding carboxylic acids is 1. The van der Waals surface area contributed by atoms with Crippen LogP contribution in [0.4, 0.5) is 17.6 Å². The molecule has 11 heteroatoms. The molecule has 4 N–H and O–H groups in total. The van der Waals surface area contributed by atoms with Gasteiger partial charge in [-0.25, -0.2) is 9.97 Å². The number of rotatable bonds is 7. The fourth-order valence-corrected chi connectivity index (χ4v) is 3.72. The molecule has 0 fully saturated rings. The summed E-state index contributed by atoms with van der Waals surface area (Å²) < 4.78 is 5.59. The quantitative estimate of drug-likeness (QED) is 0.325. The van der Waals surface area contributed by atoms with Gasteiger partial charge in [-0.2, -0.15) is 4.98 Å². The van der Waals surface area contributed by atoms with Crippen molar-refractivity contribution in [2.24, 2.45) is 0 Å². The number of anilines is 3. The predicted octanol–water partition coefficient (Wildman–Crippen LogP) is 2.92. The molecular formula is C23H22N8O3. The number of nitrogens with one attached hydrogen (secondary N) is 3. The summed E-state index contributed by atoms with van der Waals surface area (Å²) in [6.07, 6.45) is 1.56. The van der Waals surface area contributed by atoms with Crippen LogP contribution in [-0.4, -0.2) is 42.8 Å². The van der Waals surface area contributed by atoms with Crippen molar-refractivity contribution in [2.45, 2.75) is 25.9 Å². The van der Waals surface area contributed by atoms with E-state index in [0.29, 0.717) is 34.3 Å². The molecule has 1 unspecified atom stereocenters. The Morgan fingerprint density at radius 2 is 1.94 bits per heavy atom. The average Bonchev–Trinajstić information content (AvgIpc) is 3.40. The molecule has 2 atom stereocenters. The average molecular weight is 458 g/mol. The van der Waals surface area contributed by atoms with E-state index in [0.717, 1.165) is 5.56 Å². The van der Waals surface area contributed by atoms with E-state index >= 15 is 0 Å². The van der Waals surface area contributed by atoms with Crippen molar-refractivity contribution in [3.63, 3.8) is 0 Å². The molecule has 5 rings (SSSR count). The van der Waals surface area contributed by atoms with Gasteiger partial charge in [0.15, 0.2) is 0 Å². The van der Waals surface area contributed by atoms with Crippen LogP contribution in [0.1, 0.15) is 46.5 Å². The van der Waals surface area contributed by atoms with Crippen LogP contribution < -0.4 is 16.0 Å². The van der Waals surface area contributed by atoms with E-state index in [1.54, 1.807) is 25.3 Å². The molecular weight excluding hydrogens is 436 g/mol. The number of nitrogens with zero attached hydrogens (tertiary/aromatic N) is 5. The summed E-state index contributed by atoms with van der Waals surface area (Å²) in [6, 6.07) is 12.3. The standard InChI is InChI=1S/C23H22N8O3/c1-12-19-15(21(33)25-12)8-9-18(27-19)28-23-24-10-16(22-31-30-13(2)34-22)20(29-23)26-17(11-32)14-6-4-3-5-7-14/h3-10,12,17,32H,11H2,1-2H3,(H,25,33)(H2,24,26,27,28,29)/t12?,17-/m1/s1. The van der Waals surface area contributed by atoms with Crippen molar-refractivity contribution in [1.82, 2.24) is 30.5 Å². The van der Waals surface area contributed by atoms with Crippen molar-refractivity contribution in [3.05, 3.63) is 71.4 Å². The van der Waals surface area contributed by atoms with Gasteiger partial charge in [0.2, 0.25) is 11.8 Å². The van der Waals surface area contributed by atoms with E-state index in [9.17, 15) is 9.90 Å². The fraction of sp³-hybridized carbons (Fsp3) is 0.217. The highest BCUT2D eigenvalue weighted by Gasteiger charge is 2.27. The summed E-state index contributed by atoms with van der Waals surface area (Å²) in [4.78, 5) is 25.5. The third-order valence-electron chi connectivity index (χ3n) is 5.41. The number of aliphatic hydroxyl groups is 1. The number of aromatic nitrogens is 5. The van der Waals surface area contributed by atoms with Crippen molar-refractivity contribution in [2.75, 3.05) is 17.2 Å². The van der Waals surface area contributed by atoms with E-state index < -0.39 is 6.04 Å². The second-order valence-electron chi connectivity index (χ2n) is 7.82. The Balaban J connectivity index is 1.49. The first-order valence-corrected chi connectivity index (χ1v) is 10.7. The maximum atomic E-state index is 12.0. The van der Waals surface area contributed by atoms with Gasteiger partial charge in [-0.3, -0.25) is 4.79 Å². The largest absolute Gasteiger partial charge is 0.421 e. The Bertz CT molecular complexity index is 1340. The van der Waals surface area contributed by atoms with E-state index in [2.05, 4.69) is 41.1 Å². The van der Waals surface area contributed by atoms with Crippen LogP contribution in [0.2, 0.25) is 0 Å². The highest BCUT2D eigenvalue weighted by atomic mass is 16.4. The van der Waals surface area contributed by atoms with Gasteiger partial charge in [0, 0.05) is 13.1 Å². The molecule has 4 aromatic rings. The van der Waals surface area contributed by atoms with Gasteiger partial charge in [0.1, 0.15) is 11.6 Å². The Morgan fingerprint density at radius 1 is 1.12 bits per heavy atom. The molecule has 1 aliphatic rings. The van der Waals surface area contributed by atoms with Gasteiger partial charge in [-0.15, -0.1) is 10.2 Å². The molecule has 0 radical (unpaired) electrons. The molecule has 4 heterocycles. The van der Waals surface area contributed by atoms with Gasteiger partial charge in [-0.1, -0.05) is 30.3 Å². The normalized spacial score (nSPS) is 15.5. The fourth-order valence-electron chi connectivity index (χ4n) is 3.72. The summed E-state index contributed by atoms with van der Waals surface area (Å²) in [5.74, 6) is 1.69. The topological polar surface area (TPSA) is 151 Å². The van der Waals surface area contributed by atoms with Crippen LogP contribution in [0.5, 0.6) is 0 Å². The highest BCUT2D eigenvalue weighted by Crippen LogP contribution is 2.30. The van der Waals surface area contributed by atoms with Crippen LogP contribution in [0, 0.1) is 6.92 Å². The van der Waals surface area contributed by atoms with E-state index in [4.69, 9.17) is 4.42 Å². The van der Waals surface area contributed by atoms with Gasteiger partial charge in [0.25, 0.3) is 11.8 Å². The summed E-state index contributed by atoms with van der Waals surface area (Å²) in [5, 5.41) is 27.2. The molecule has 34 heavy (non-hydrogen) atoms. The maximum absolute atomic E-state index is 12.0. The molecule has 0 saturated carbocycles. The Hall–Kier alpha value is -4.38. The van der Waals surface area contributed by atoms with Gasteiger partial charge in [0.05, 0.1) is 35.5 Å². The number of aliphatic hydroxyl groups excluding tert-OH is 1. The van der Waals surface area contributed by atoms with Crippen LogP contribution in [0.25, 0.3) is 11.5 Å². The molecule has 172 valence electrons. The van der Waals surface area contributed by atoms with Crippen LogP contribution in [0.15, 0.2) is 53.1 Å². The number of carbonyl (C=O) groups is 1. The molecule has 0 aliphatic carbocycles. The summed E-state index contributed by atoms with van der Waals surface area (Å²) >= 11 is 0. The molecule has 3 aromatic heterocycles. The molecule has 0 saturated heterocycles. The van der Waals surface area contributed by atoms with Crippen molar-refractivity contribution >= 4 is 23.5 Å². The second kappa shape index (κ2) is 8.87. The lowest BCUT2D eigenvalue weighted by atomic mass is 10.1. The molecule has 0 spiro atoms. The zero-order chi connectivity index (χ0) is 23.7. The number of benzene rings is 1. The van der Waals surface area contributed by atoms with Crippen molar-refractivity contribution < 1.29 is 14.3 Å². The van der Waals surface area contributed by atoms with Gasteiger partial charge >= 0.3 is 0 Å². The van der Waals surface area contributed by atoms with E-state index in [1.165, 1.54) is 0 Å². The predicted molar refractivity (Wildman–Crippen MR) is 123 cm³/mol. The highest BCUT2D eigenvalue weighted by molar-refractivity contribution is 5.98. The lowest BCUT2D eigenvalue weighted by molar-refractivity contribution is 0.0958. The first-order chi connectivity index (χ1) is 16.5. The first kappa shape index (κ1) is 21.5. The molecule has 1 aliphatic heterocycles. The van der Waals surface area contributed by atoms with Gasteiger partial charge in [-0.05, 0) is 24.6 Å². The minimum Gasteiger partial charge on any atom is -0.421 e. The first-order valence-electron chi connectivity index (χ1n) is 10.7. The van der Waals surface area contributed by atoms with Gasteiger partial charge < -0.3 is 25.5 Å². The van der Waals surface area contributed by atoms with Crippen LogP contribution >= 0.6 is 0 Å². The van der Waals surface area contributed by atoms with Crippen LogP contribution in [0.3, 0.4) is 0 Å². The summed E-state index contributed by atoms with van der Waals surface area (Å²) in [6.45, 7) is 3.41. The minimum absolute atomic E-state index is 0.139. The van der Waals surface area contributed by atoms with E-state index in [1.807, 2.05) is 37.3 Å². The lowest BCUT2D eigenvalue weighted by Gasteiger charge is -2.19. The molecule has 11 nitrogen and oxygen atoms in total. The lowest BCUT2D eigenvalue weighted by Crippen LogP contribution is -2.17.